The van der Waals surface area contributed by atoms with Crippen molar-refractivity contribution in [3.05, 3.63) is 35.9 Å². The zero-order valence-electron chi connectivity index (χ0n) is 6.72. The third kappa shape index (κ3) is 10.2. The topological polar surface area (TPSA) is 0 Å². The van der Waals surface area contributed by atoms with E-state index >= 15 is 0 Å². The number of rotatable bonds is 0. The van der Waals surface area contributed by atoms with Gasteiger partial charge < -0.3 is 0 Å². The molecule has 0 aliphatic carbocycles. The van der Waals surface area contributed by atoms with Crippen molar-refractivity contribution in [2.75, 3.05) is 0 Å². The van der Waals surface area contributed by atoms with E-state index in [2.05, 4.69) is 50.9 Å². The molecule has 11 heavy (non-hydrogen) atoms. The highest BCUT2D eigenvalue weighted by molar-refractivity contribution is 9.24. The van der Waals surface area contributed by atoms with Gasteiger partial charge in [-0.2, -0.15) is 0 Å². The highest BCUT2D eigenvalue weighted by Gasteiger charge is 1.74. The minimum absolute atomic E-state index is 0.458. The predicted molar refractivity (Wildman–Crippen MR) is 58.5 cm³/mol. The molecule has 0 nitrogen and oxygen atoms in total. The first-order valence-electron chi connectivity index (χ1n) is 3.42. The van der Waals surface area contributed by atoms with Crippen molar-refractivity contribution < 1.29 is 0 Å². The van der Waals surface area contributed by atoms with Gasteiger partial charge in [-0.25, -0.2) is 0 Å². The first kappa shape index (κ1) is 11.2. The van der Waals surface area contributed by atoms with Gasteiger partial charge in [-0.3, -0.25) is 0 Å². The Morgan fingerprint density at radius 3 is 1.64 bits per heavy atom. The molecule has 0 spiro atoms. The third-order valence-corrected chi connectivity index (χ3v) is 0.940. The summed E-state index contributed by atoms with van der Waals surface area (Å²) < 4.78 is 0.458. The van der Waals surface area contributed by atoms with Crippen LogP contribution in [0, 0.1) is 6.92 Å². The molecule has 1 aromatic carbocycles. The number of benzene rings is 1. The lowest BCUT2D eigenvalue weighted by atomic mass is 10.2. The van der Waals surface area contributed by atoms with Gasteiger partial charge >= 0.3 is 0 Å². The lowest BCUT2D eigenvalue weighted by Gasteiger charge is -1.82. The molecule has 0 saturated heterocycles. The zero-order chi connectivity index (χ0) is 8.69. The van der Waals surface area contributed by atoms with E-state index in [9.17, 15) is 0 Å². The summed E-state index contributed by atoms with van der Waals surface area (Å²) in [5.74, 6) is 0. The molecule has 0 atom stereocenters. The SMILES string of the molecule is CC(Br)Br.Cc1ccccc1. The van der Waals surface area contributed by atoms with Crippen LogP contribution in [0.3, 0.4) is 0 Å². The molecule has 0 bridgehead atoms. The molecular formula is C9H12Br2. The molecule has 1 aromatic rings. The normalized spacial score (nSPS) is 8.82. The predicted octanol–water partition coefficient (Wildman–Crippen LogP) is 4.12. The van der Waals surface area contributed by atoms with Crippen molar-refractivity contribution in [1.29, 1.82) is 0 Å². The summed E-state index contributed by atoms with van der Waals surface area (Å²) in [5.41, 5.74) is 1.32. The first-order chi connectivity index (χ1) is 5.13. The van der Waals surface area contributed by atoms with Gasteiger partial charge in [0, 0.05) is 0 Å². The van der Waals surface area contributed by atoms with E-state index in [0.717, 1.165) is 0 Å². The van der Waals surface area contributed by atoms with Crippen molar-refractivity contribution in [2.45, 2.75) is 17.6 Å². The summed E-state index contributed by atoms with van der Waals surface area (Å²) in [6, 6.07) is 10.3. The molecule has 0 aromatic heterocycles. The van der Waals surface area contributed by atoms with Gasteiger partial charge in [0.1, 0.15) is 0 Å². The van der Waals surface area contributed by atoms with Crippen molar-refractivity contribution in [2.24, 2.45) is 0 Å². The summed E-state index contributed by atoms with van der Waals surface area (Å²) in [5, 5.41) is 0. The molecule has 0 radical (unpaired) electrons. The van der Waals surface area contributed by atoms with Gasteiger partial charge in [-0.05, 0) is 13.8 Å². The Morgan fingerprint density at radius 1 is 1.09 bits per heavy atom. The number of aryl methyl sites for hydroxylation is 1. The van der Waals surface area contributed by atoms with Crippen molar-refractivity contribution in [1.82, 2.24) is 0 Å². The number of alkyl halides is 2. The smallest absolute Gasteiger partial charge is 0.0669 e. The van der Waals surface area contributed by atoms with Gasteiger partial charge in [0.2, 0.25) is 0 Å². The fourth-order valence-corrected chi connectivity index (χ4v) is 0.534. The average molecular weight is 280 g/mol. The van der Waals surface area contributed by atoms with Crippen LogP contribution in [0.2, 0.25) is 0 Å². The van der Waals surface area contributed by atoms with Gasteiger partial charge in [0.05, 0.1) is 3.74 Å². The van der Waals surface area contributed by atoms with Crippen LogP contribution in [0.15, 0.2) is 30.3 Å². The second-order valence-electron chi connectivity index (χ2n) is 2.17. The van der Waals surface area contributed by atoms with E-state index < -0.39 is 0 Å². The number of hydrogen-bond acceptors (Lipinski definition) is 0. The van der Waals surface area contributed by atoms with E-state index in [-0.39, 0.29) is 0 Å². The quantitative estimate of drug-likeness (QED) is 0.627. The molecule has 0 saturated carbocycles. The molecule has 0 aliphatic heterocycles. The molecule has 0 heterocycles. The monoisotopic (exact) mass is 278 g/mol. The molecule has 1 rings (SSSR count). The van der Waals surface area contributed by atoms with Crippen LogP contribution in [0.1, 0.15) is 12.5 Å². The van der Waals surface area contributed by atoms with Crippen LogP contribution < -0.4 is 0 Å². The molecular weight excluding hydrogens is 268 g/mol. The summed E-state index contributed by atoms with van der Waals surface area (Å²) in [6.45, 7) is 4.08. The van der Waals surface area contributed by atoms with E-state index in [4.69, 9.17) is 0 Å². The summed E-state index contributed by atoms with van der Waals surface area (Å²) in [7, 11) is 0. The van der Waals surface area contributed by atoms with Gasteiger partial charge in [-0.15, -0.1) is 0 Å². The average Bonchev–Trinajstić information content (AvgIpc) is 1.87. The highest BCUT2D eigenvalue weighted by atomic mass is 79.9. The van der Waals surface area contributed by atoms with Crippen LogP contribution in [-0.2, 0) is 0 Å². The standard InChI is InChI=1S/C7H8.C2H4Br2/c1-7-5-3-2-4-6-7;1-2(3)4/h2-6H,1H3;2H,1H3. The van der Waals surface area contributed by atoms with Crippen LogP contribution >= 0.6 is 31.9 Å². The van der Waals surface area contributed by atoms with Crippen LogP contribution in [0.25, 0.3) is 0 Å². The Morgan fingerprint density at radius 2 is 1.45 bits per heavy atom. The van der Waals surface area contributed by atoms with Gasteiger partial charge in [-0.1, -0.05) is 67.8 Å². The Labute approximate surface area is 85.3 Å². The summed E-state index contributed by atoms with van der Waals surface area (Å²) in [6.07, 6.45) is 0. The molecule has 62 valence electrons. The van der Waals surface area contributed by atoms with Crippen molar-refractivity contribution in [3.63, 3.8) is 0 Å². The van der Waals surface area contributed by atoms with E-state index in [1.807, 2.05) is 25.1 Å². The third-order valence-electron chi connectivity index (χ3n) is 0.940. The minimum Gasteiger partial charge on any atom is -0.0768 e. The summed E-state index contributed by atoms with van der Waals surface area (Å²) >= 11 is 6.38. The molecule has 0 fully saturated rings. The van der Waals surface area contributed by atoms with Crippen molar-refractivity contribution in [3.8, 4) is 0 Å². The number of hydrogen-bond donors (Lipinski definition) is 0. The molecule has 0 aliphatic rings. The Bertz CT molecular complexity index is 167. The summed E-state index contributed by atoms with van der Waals surface area (Å²) in [4.78, 5) is 0. The van der Waals surface area contributed by atoms with Gasteiger partial charge in [0.25, 0.3) is 0 Å². The van der Waals surface area contributed by atoms with E-state index in [1.54, 1.807) is 0 Å². The van der Waals surface area contributed by atoms with E-state index in [1.165, 1.54) is 5.56 Å². The second kappa shape index (κ2) is 6.86. The fourth-order valence-electron chi connectivity index (χ4n) is 0.534. The van der Waals surface area contributed by atoms with Crippen LogP contribution in [0.4, 0.5) is 0 Å². The maximum Gasteiger partial charge on any atom is 0.0669 e. The van der Waals surface area contributed by atoms with Crippen LogP contribution in [0.5, 0.6) is 0 Å². The van der Waals surface area contributed by atoms with E-state index in [0.29, 0.717) is 3.74 Å². The second-order valence-corrected chi connectivity index (χ2v) is 6.15. The largest absolute Gasteiger partial charge is 0.0768 e. The molecule has 0 N–H and O–H groups in total. The zero-order valence-corrected chi connectivity index (χ0v) is 9.89. The minimum atomic E-state index is 0.458. The number of halogens is 2. The Balaban J connectivity index is 0.000000218. The first-order valence-corrected chi connectivity index (χ1v) is 5.26. The highest BCUT2D eigenvalue weighted by Crippen LogP contribution is 2.03. The maximum atomic E-state index is 3.19. The molecule has 0 unspecified atom stereocenters. The fraction of sp³-hybridized carbons (Fsp3) is 0.333. The van der Waals surface area contributed by atoms with Crippen LogP contribution in [-0.4, -0.2) is 3.74 Å². The Hall–Kier alpha value is 0.180. The van der Waals surface area contributed by atoms with Crippen molar-refractivity contribution >= 4 is 31.9 Å². The maximum absolute atomic E-state index is 3.19. The Kier molecular flexibility index (Phi) is 6.98. The lowest BCUT2D eigenvalue weighted by molar-refractivity contribution is 1.48. The van der Waals surface area contributed by atoms with Gasteiger partial charge in [0.15, 0.2) is 0 Å². The molecule has 2 heteroatoms. The molecule has 0 amide bonds. The lowest BCUT2D eigenvalue weighted by Crippen LogP contribution is -1.62.